The average molecular weight is 182 g/mol. The maximum atomic E-state index is 8.18. The Morgan fingerprint density at radius 3 is 1.71 bits per heavy atom. The minimum absolute atomic E-state index is 0.0374. The van der Waals surface area contributed by atoms with Crippen LogP contribution < -0.4 is 0 Å². The average Bonchev–Trinajstić information content (AvgIpc) is 1.30. The van der Waals surface area contributed by atoms with Gasteiger partial charge in [0, 0.05) is 0 Å². The molecule has 5 heteroatoms. The summed E-state index contributed by atoms with van der Waals surface area (Å²) >= 11 is 15.9. The SMILES string of the molecule is OCC[P+](Cl)(Cl)Cl. The van der Waals surface area contributed by atoms with Crippen molar-refractivity contribution in [3.63, 3.8) is 0 Å². The van der Waals surface area contributed by atoms with Crippen molar-refractivity contribution in [3.8, 4) is 0 Å². The van der Waals surface area contributed by atoms with Gasteiger partial charge in [-0.05, 0) is 0 Å². The molecule has 0 spiro atoms. The van der Waals surface area contributed by atoms with Crippen LogP contribution in [0, 0.1) is 0 Å². The molecule has 0 rings (SSSR count). The fourth-order valence-electron chi connectivity index (χ4n) is 0.113. The van der Waals surface area contributed by atoms with Crippen molar-refractivity contribution in [1.29, 1.82) is 0 Å². The second kappa shape index (κ2) is 3.32. The highest BCUT2D eigenvalue weighted by molar-refractivity contribution is 8.32. The molecular formula is C2H5Cl3OP+. The molecule has 0 aliphatic heterocycles. The molecule has 0 aliphatic rings. The third-order valence-corrected chi connectivity index (χ3v) is 2.58. The summed E-state index contributed by atoms with van der Waals surface area (Å²) < 4.78 is 0. The van der Waals surface area contributed by atoms with E-state index in [0.717, 1.165) is 0 Å². The number of halogens is 3. The molecule has 0 amide bonds. The molecule has 0 radical (unpaired) electrons. The van der Waals surface area contributed by atoms with E-state index in [1.165, 1.54) is 0 Å². The van der Waals surface area contributed by atoms with Crippen molar-refractivity contribution >= 4 is 39.0 Å². The van der Waals surface area contributed by atoms with Gasteiger partial charge in [-0.3, -0.25) is 0 Å². The molecule has 1 N–H and O–H groups in total. The number of hydrogen-bond donors (Lipinski definition) is 1. The van der Waals surface area contributed by atoms with E-state index in [4.69, 9.17) is 38.8 Å². The Kier molecular flexibility index (Phi) is 3.92. The molecule has 7 heavy (non-hydrogen) atoms. The van der Waals surface area contributed by atoms with Crippen LogP contribution in [0.3, 0.4) is 0 Å². The summed E-state index contributed by atoms with van der Waals surface area (Å²) in [6.07, 6.45) is 0.303. The Morgan fingerprint density at radius 2 is 1.71 bits per heavy atom. The van der Waals surface area contributed by atoms with Crippen molar-refractivity contribution in [1.82, 2.24) is 0 Å². The van der Waals surface area contributed by atoms with Crippen LogP contribution >= 0.6 is 39.0 Å². The Hall–Kier alpha value is 1.26. The van der Waals surface area contributed by atoms with Gasteiger partial charge in [0.15, 0.2) is 0 Å². The Balaban J connectivity index is 3.15. The lowest BCUT2D eigenvalue weighted by molar-refractivity contribution is 0.322. The van der Waals surface area contributed by atoms with Crippen LogP contribution in [0.1, 0.15) is 0 Å². The van der Waals surface area contributed by atoms with E-state index in [1.807, 2.05) is 0 Å². The number of rotatable bonds is 2. The predicted octanol–water partition coefficient (Wildman–Crippen LogP) is 2.46. The van der Waals surface area contributed by atoms with Crippen molar-refractivity contribution in [2.75, 3.05) is 12.8 Å². The molecule has 1 nitrogen and oxygen atoms in total. The van der Waals surface area contributed by atoms with E-state index in [-0.39, 0.29) is 6.61 Å². The smallest absolute Gasteiger partial charge is 0.310 e. The van der Waals surface area contributed by atoms with Crippen molar-refractivity contribution < 1.29 is 5.11 Å². The predicted molar refractivity (Wildman–Crippen MR) is 36.4 cm³/mol. The zero-order valence-corrected chi connectivity index (χ0v) is 6.60. The number of aliphatic hydroxyl groups excluding tert-OH is 1. The molecule has 0 aromatic heterocycles. The fourth-order valence-corrected chi connectivity index (χ4v) is 1.02. The van der Waals surface area contributed by atoms with Gasteiger partial charge in [-0.15, -0.1) is 0 Å². The maximum Gasteiger partial charge on any atom is 0.310 e. The first-order valence-electron chi connectivity index (χ1n) is 1.64. The Bertz CT molecular complexity index is 51.4. The van der Waals surface area contributed by atoms with Gasteiger partial charge in [-0.25, -0.2) is 0 Å². The first-order chi connectivity index (χ1) is 3.06. The summed E-state index contributed by atoms with van der Waals surface area (Å²) in [5.74, 6) is 0. The van der Waals surface area contributed by atoms with Gasteiger partial charge < -0.3 is 5.11 Å². The van der Waals surface area contributed by atoms with E-state index >= 15 is 0 Å². The molecular weight excluding hydrogens is 177 g/mol. The minimum Gasteiger partial charge on any atom is -0.392 e. The third-order valence-electron chi connectivity index (χ3n) is 0.354. The highest BCUT2D eigenvalue weighted by Crippen LogP contribution is 2.73. The second-order valence-electron chi connectivity index (χ2n) is 0.997. The summed E-state index contributed by atoms with van der Waals surface area (Å²) in [4.78, 5) is 0. The van der Waals surface area contributed by atoms with Crippen molar-refractivity contribution in [2.45, 2.75) is 0 Å². The second-order valence-corrected chi connectivity index (χ2v) is 9.30. The highest BCUT2D eigenvalue weighted by Gasteiger charge is 2.30. The molecule has 0 heterocycles. The van der Waals surface area contributed by atoms with Crippen LogP contribution in [0.25, 0.3) is 0 Å². The molecule has 0 saturated carbocycles. The van der Waals surface area contributed by atoms with Crippen LogP contribution in [0.5, 0.6) is 0 Å². The maximum absolute atomic E-state index is 8.18. The first-order valence-corrected chi connectivity index (χ1v) is 6.33. The van der Waals surface area contributed by atoms with Crippen LogP contribution in [0.4, 0.5) is 0 Å². The lowest BCUT2D eigenvalue weighted by Gasteiger charge is -1.92. The monoisotopic (exact) mass is 181 g/mol. The molecule has 0 aliphatic carbocycles. The van der Waals surface area contributed by atoms with Crippen molar-refractivity contribution in [2.24, 2.45) is 0 Å². The van der Waals surface area contributed by atoms with E-state index in [9.17, 15) is 0 Å². The summed E-state index contributed by atoms with van der Waals surface area (Å²) in [5, 5.41) is 5.93. The first kappa shape index (κ1) is 8.26. The van der Waals surface area contributed by atoms with Gasteiger partial charge in [-0.1, -0.05) is 0 Å². The lowest BCUT2D eigenvalue weighted by atomic mass is 10.9. The van der Waals surface area contributed by atoms with Crippen LogP contribution in [0.15, 0.2) is 0 Å². The van der Waals surface area contributed by atoms with Gasteiger partial charge >= 0.3 is 5.32 Å². The van der Waals surface area contributed by atoms with Gasteiger partial charge in [-0.2, -0.15) is 0 Å². The molecule has 0 fully saturated rings. The molecule has 0 aromatic carbocycles. The largest absolute Gasteiger partial charge is 0.392 e. The summed E-state index contributed by atoms with van der Waals surface area (Å²) in [7, 11) is 0. The molecule has 44 valence electrons. The van der Waals surface area contributed by atoms with E-state index in [1.54, 1.807) is 0 Å². The minimum atomic E-state index is -2.25. The standard InChI is InChI=1S/C2H5Cl3OP/c3-7(4,5)2-1-6/h6H,1-2H2/q+1. The number of hydrogen-bond acceptors (Lipinski definition) is 1. The third kappa shape index (κ3) is 7.26. The normalized spacial score (nSPS) is 12.0. The van der Waals surface area contributed by atoms with Gasteiger partial charge in [0.25, 0.3) is 0 Å². The quantitative estimate of drug-likeness (QED) is 0.651. The molecule has 0 bridgehead atoms. The van der Waals surface area contributed by atoms with Gasteiger partial charge in [0.1, 0.15) is 39.9 Å². The topological polar surface area (TPSA) is 20.2 Å². The molecule has 0 unspecified atom stereocenters. The van der Waals surface area contributed by atoms with Crippen LogP contribution in [-0.4, -0.2) is 17.9 Å². The Morgan fingerprint density at radius 1 is 1.29 bits per heavy atom. The fraction of sp³-hybridized carbons (Fsp3) is 1.00. The highest BCUT2D eigenvalue weighted by atomic mass is 36.1. The van der Waals surface area contributed by atoms with E-state index in [2.05, 4.69) is 0 Å². The molecule has 0 atom stereocenters. The van der Waals surface area contributed by atoms with Crippen LogP contribution in [-0.2, 0) is 0 Å². The molecule has 0 saturated heterocycles. The van der Waals surface area contributed by atoms with Gasteiger partial charge in [0.2, 0.25) is 0 Å². The number of aliphatic hydroxyl groups is 1. The lowest BCUT2D eigenvalue weighted by Crippen LogP contribution is -1.85. The summed E-state index contributed by atoms with van der Waals surface area (Å²) in [6, 6.07) is 0. The zero-order valence-electron chi connectivity index (χ0n) is 3.44. The Labute approximate surface area is 57.3 Å². The molecule has 0 aromatic rings. The summed E-state index contributed by atoms with van der Waals surface area (Å²) in [5.41, 5.74) is 0. The van der Waals surface area contributed by atoms with E-state index in [0.29, 0.717) is 6.16 Å². The summed E-state index contributed by atoms with van der Waals surface area (Å²) in [6.45, 7) is -0.0374. The van der Waals surface area contributed by atoms with Crippen molar-refractivity contribution in [3.05, 3.63) is 0 Å². The zero-order chi connectivity index (χ0) is 5.91. The van der Waals surface area contributed by atoms with Gasteiger partial charge in [0.05, 0.1) is 6.61 Å². The van der Waals surface area contributed by atoms with Crippen LogP contribution in [0.2, 0.25) is 0 Å². The van der Waals surface area contributed by atoms with E-state index < -0.39 is 5.32 Å².